The van der Waals surface area contributed by atoms with Gasteiger partial charge in [0.05, 0.1) is 17.2 Å². The molecular formula is C20H20FN3O3. The number of fused-ring (bicyclic) bond motifs is 1. The highest BCUT2D eigenvalue weighted by atomic mass is 19.1. The van der Waals surface area contributed by atoms with E-state index in [-0.39, 0.29) is 24.9 Å². The maximum atomic E-state index is 13.5. The molecular weight excluding hydrogens is 349 g/mol. The Morgan fingerprint density at radius 3 is 2.26 bits per heavy atom. The Kier molecular flexibility index (Phi) is 5.32. The van der Waals surface area contributed by atoms with E-state index in [0.29, 0.717) is 11.1 Å². The highest BCUT2D eigenvalue weighted by Crippen LogP contribution is 2.22. The van der Waals surface area contributed by atoms with E-state index in [1.165, 1.54) is 12.1 Å². The summed E-state index contributed by atoms with van der Waals surface area (Å²) in [5.74, 6) is -1.75. The Morgan fingerprint density at radius 2 is 1.70 bits per heavy atom. The summed E-state index contributed by atoms with van der Waals surface area (Å²) in [6.45, 7) is -0.131. The average Bonchev–Trinajstić information content (AvgIpc) is 2.87. The van der Waals surface area contributed by atoms with Crippen LogP contribution in [0.3, 0.4) is 0 Å². The van der Waals surface area contributed by atoms with Crippen molar-refractivity contribution in [1.29, 1.82) is 0 Å². The fraction of sp³-hybridized carbons (Fsp3) is 0.250. The van der Waals surface area contributed by atoms with Crippen molar-refractivity contribution in [2.45, 2.75) is 6.04 Å². The van der Waals surface area contributed by atoms with Crippen LogP contribution in [0.5, 0.6) is 0 Å². The van der Waals surface area contributed by atoms with E-state index in [9.17, 15) is 18.8 Å². The number of carbonyl (C=O) groups excluding carboxylic acids is 3. The minimum Gasteiger partial charge on any atom is -0.353 e. The second kappa shape index (κ2) is 7.67. The summed E-state index contributed by atoms with van der Waals surface area (Å²) >= 11 is 0. The predicted molar refractivity (Wildman–Crippen MR) is 97.6 cm³/mol. The molecule has 1 heterocycles. The van der Waals surface area contributed by atoms with Crippen molar-refractivity contribution < 1.29 is 18.8 Å². The molecule has 1 N–H and O–H groups in total. The molecule has 0 aromatic heterocycles. The molecule has 27 heavy (non-hydrogen) atoms. The largest absolute Gasteiger partial charge is 0.353 e. The van der Waals surface area contributed by atoms with Crippen LogP contribution in [-0.2, 0) is 4.79 Å². The first-order valence-electron chi connectivity index (χ1n) is 8.52. The Labute approximate surface area is 156 Å². The van der Waals surface area contributed by atoms with Gasteiger partial charge in [-0.05, 0) is 43.9 Å². The van der Waals surface area contributed by atoms with Crippen molar-refractivity contribution in [2.75, 3.05) is 27.2 Å². The predicted octanol–water partition coefficient (Wildman–Crippen LogP) is 1.84. The van der Waals surface area contributed by atoms with Gasteiger partial charge >= 0.3 is 0 Å². The molecule has 3 rings (SSSR count). The normalized spacial score (nSPS) is 14.4. The first kappa shape index (κ1) is 18.7. The maximum absolute atomic E-state index is 13.5. The lowest BCUT2D eigenvalue weighted by molar-refractivity contribution is -0.121. The first-order chi connectivity index (χ1) is 12.9. The Bertz CT molecular complexity index is 863. The number of benzene rings is 2. The third-order valence-corrected chi connectivity index (χ3v) is 4.53. The summed E-state index contributed by atoms with van der Waals surface area (Å²) in [7, 11) is 3.65. The summed E-state index contributed by atoms with van der Waals surface area (Å²) in [6.07, 6.45) is 0. The van der Waals surface area contributed by atoms with Gasteiger partial charge in [-0.2, -0.15) is 0 Å². The molecule has 2 aromatic rings. The highest BCUT2D eigenvalue weighted by Gasteiger charge is 2.36. The topological polar surface area (TPSA) is 69.7 Å². The van der Waals surface area contributed by atoms with E-state index in [0.717, 1.165) is 10.5 Å². The number of halogens is 1. The van der Waals surface area contributed by atoms with Crippen LogP contribution in [0.15, 0.2) is 48.5 Å². The van der Waals surface area contributed by atoms with Crippen LogP contribution in [0, 0.1) is 5.82 Å². The second-order valence-corrected chi connectivity index (χ2v) is 6.58. The van der Waals surface area contributed by atoms with Gasteiger partial charge in [-0.25, -0.2) is 4.39 Å². The number of hydrogen-bond acceptors (Lipinski definition) is 4. The molecule has 0 radical (unpaired) electrons. The van der Waals surface area contributed by atoms with E-state index >= 15 is 0 Å². The minimum atomic E-state index is -0.472. The molecule has 1 aliphatic rings. The van der Waals surface area contributed by atoms with E-state index < -0.39 is 17.7 Å². The molecule has 7 heteroatoms. The molecule has 2 aromatic carbocycles. The van der Waals surface area contributed by atoms with Gasteiger partial charge in [0.2, 0.25) is 5.91 Å². The summed E-state index contributed by atoms with van der Waals surface area (Å²) in [5, 5.41) is 2.73. The number of hydrogen-bond donors (Lipinski definition) is 1. The zero-order chi connectivity index (χ0) is 19.6. The zero-order valence-corrected chi connectivity index (χ0v) is 15.1. The van der Waals surface area contributed by atoms with Crippen molar-refractivity contribution in [3.8, 4) is 0 Å². The maximum Gasteiger partial charge on any atom is 0.262 e. The summed E-state index contributed by atoms with van der Waals surface area (Å²) in [6, 6.07) is 12.4. The second-order valence-electron chi connectivity index (χ2n) is 6.58. The summed E-state index contributed by atoms with van der Waals surface area (Å²) < 4.78 is 13.5. The SMILES string of the molecule is CN(C)C(CNC(=O)CN1C(=O)c2ccccc2C1=O)c1cccc(F)c1. The number of rotatable bonds is 6. The van der Waals surface area contributed by atoms with E-state index in [4.69, 9.17) is 0 Å². The highest BCUT2D eigenvalue weighted by molar-refractivity contribution is 6.22. The first-order valence-corrected chi connectivity index (χ1v) is 8.52. The molecule has 0 fully saturated rings. The lowest BCUT2D eigenvalue weighted by Gasteiger charge is -2.25. The van der Waals surface area contributed by atoms with Gasteiger partial charge in [0, 0.05) is 6.54 Å². The van der Waals surface area contributed by atoms with Crippen molar-refractivity contribution in [3.63, 3.8) is 0 Å². The van der Waals surface area contributed by atoms with Gasteiger partial charge in [0.25, 0.3) is 11.8 Å². The van der Waals surface area contributed by atoms with Crippen LogP contribution >= 0.6 is 0 Å². The lowest BCUT2D eigenvalue weighted by atomic mass is 10.1. The minimum absolute atomic E-state index is 0.221. The number of carbonyl (C=O) groups is 3. The molecule has 0 spiro atoms. The van der Waals surface area contributed by atoms with Crippen molar-refractivity contribution >= 4 is 17.7 Å². The Balaban J connectivity index is 1.64. The molecule has 1 atom stereocenters. The van der Waals surface area contributed by atoms with Crippen LogP contribution in [-0.4, -0.2) is 54.7 Å². The quantitative estimate of drug-likeness (QED) is 0.789. The van der Waals surface area contributed by atoms with Crippen LogP contribution < -0.4 is 5.32 Å². The fourth-order valence-electron chi connectivity index (χ4n) is 3.11. The number of imide groups is 1. The van der Waals surface area contributed by atoms with Crippen molar-refractivity contribution in [1.82, 2.24) is 15.1 Å². The number of likely N-dealkylation sites (N-methyl/N-ethyl adjacent to an activating group) is 1. The van der Waals surface area contributed by atoms with Crippen LogP contribution in [0.1, 0.15) is 32.3 Å². The third-order valence-electron chi connectivity index (χ3n) is 4.53. The smallest absolute Gasteiger partial charge is 0.262 e. The van der Waals surface area contributed by atoms with Crippen LogP contribution in [0.2, 0.25) is 0 Å². The molecule has 0 bridgehead atoms. The van der Waals surface area contributed by atoms with Crippen molar-refractivity contribution in [2.24, 2.45) is 0 Å². The average molecular weight is 369 g/mol. The van der Waals surface area contributed by atoms with E-state index in [1.807, 2.05) is 19.0 Å². The van der Waals surface area contributed by atoms with Gasteiger partial charge in [-0.15, -0.1) is 0 Å². The molecule has 0 saturated carbocycles. The Morgan fingerprint density at radius 1 is 1.07 bits per heavy atom. The third kappa shape index (κ3) is 3.88. The molecule has 6 nitrogen and oxygen atoms in total. The van der Waals surface area contributed by atoms with Gasteiger partial charge < -0.3 is 10.2 Å². The van der Waals surface area contributed by atoms with Gasteiger partial charge in [0.1, 0.15) is 12.4 Å². The fourth-order valence-corrected chi connectivity index (χ4v) is 3.11. The molecule has 3 amide bonds. The lowest BCUT2D eigenvalue weighted by Crippen LogP contribution is -2.42. The summed E-state index contributed by atoms with van der Waals surface area (Å²) in [5.41, 5.74) is 1.34. The molecule has 1 aliphatic heterocycles. The van der Waals surface area contributed by atoms with Gasteiger partial charge in [-0.1, -0.05) is 24.3 Å². The number of nitrogens with one attached hydrogen (secondary N) is 1. The summed E-state index contributed by atoms with van der Waals surface area (Å²) in [4.78, 5) is 39.8. The van der Waals surface area contributed by atoms with E-state index in [1.54, 1.807) is 36.4 Å². The number of amides is 3. The molecule has 0 saturated heterocycles. The Hall–Kier alpha value is -3.06. The van der Waals surface area contributed by atoms with Crippen LogP contribution in [0.4, 0.5) is 4.39 Å². The van der Waals surface area contributed by atoms with Gasteiger partial charge in [-0.3, -0.25) is 19.3 Å². The number of nitrogens with zero attached hydrogens (tertiary/aromatic N) is 2. The molecule has 140 valence electrons. The molecule has 0 aliphatic carbocycles. The van der Waals surface area contributed by atoms with Crippen LogP contribution in [0.25, 0.3) is 0 Å². The van der Waals surface area contributed by atoms with Gasteiger partial charge in [0.15, 0.2) is 0 Å². The zero-order valence-electron chi connectivity index (χ0n) is 15.1. The van der Waals surface area contributed by atoms with E-state index in [2.05, 4.69) is 5.32 Å². The standard InChI is InChI=1S/C20H20FN3O3/c1-23(2)17(13-6-5-7-14(21)10-13)11-22-18(25)12-24-19(26)15-8-3-4-9-16(15)20(24)27/h3-10,17H,11-12H2,1-2H3,(H,22,25). The molecule has 1 unspecified atom stereocenters. The monoisotopic (exact) mass is 369 g/mol. The van der Waals surface area contributed by atoms with Crippen molar-refractivity contribution in [3.05, 3.63) is 71.0 Å².